The minimum Gasteiger partial charge on any atom is -0.355 e. The van der Waals surface area contributed by atoms with Crippen LogP contribution >= 0.6 is 11.3 Å². The van der Waals surface area contributed by atoms with Gasteiger partial charge in [0, 0.05) is 119 Å². The molecule has 0 saturated heterocycles. The van der Waals surface area contributed by atoms with Gasteiger partial charge in [0.1, 0.15) is 0 Å². The van der Waals surface area contributed by atoms with Crippen LogP contribution in [-0.2, 0) is 28.1 Å². The summed E-state index contributed by atoms with van der Waals surface area (Å²) in [4.78, 5) is 10.2. The second-order valence-corrected chi connectivity index (χ2v) is 33.6. The van der Waals surface area contributed by atoms with Gasteiger partial charge in [0.15, 0.2) is 0 Å². The molecule has 0 amide bonds. The van der Waals surface area contributed by atoms with Crippen LogP contribution in [0.1, 0.15) is 104 Å². The van der Waals surface area contributed by atoms with E-state index in [1.165, 1.54) is 163 Å². The molecule has 5 heterocycles. The number of rotatable bonds is 9. The summed E-state index contributed by atoms with van der Waals surface area (Å²) in [5, 5.41) is 12.8. The predicted molar refractivity (Wildman–Crippen MR) is 436 cm³/mol. The number of aromatic amines is 2. The number of nitrogens with zero attached hydrogens (tertiary/aromatic N) is 3. The molecule has 0 aliphatic heterocycles. The van der Waals surface area contributed by atoms with Gasteiger partial charge in [-0.05, 0) is 229 Å². The Balaban J connectivity index is 0.674. The van der Waals surface area contributed by atoms with Crippen molar-refractivity contribution in [1.82, 2.24) is 19.1 Å². The molecule has 20 rings (SSSR count). The summed E-state index contributed by atoms with van der Waals surface area (Å²) in [5.74, 6) is 0. The molecular weight excluding hydrogens is 1260 g/mol. The van der Waals surface area contributed by atoms with Crippen molar-refractivity contribution in [1.29, 1.82) is 0 Å². The van der Waals surface area contributed by atoms with Gasteiger partial charge in [-0.15, -0.1) is 11.3 Å². The van der Waals surface area contributed by atoms with Crippen molar-refractivity contribution < 1.29 is 0 Å². The van der Waals surface area contributed by atoms with E-state index in [4.69, 9.17) is 0 Å². The van der Waals surface area contributed by atoms with Gasteiger partial charge in [-0.3, -0.25) is 0 Å². The van der Waals surface area contributed by atoms with Crippen LogP contribution in [0, 0.1) is 10.8 Å². The van der Waals surface area contributed by atoms with Crippen molar-refractivity contribution in [2.45, 2.75) is 104 Å². The zero-order valence-electron chi connectivity index (χ0n) is 59.9. The van der Waals surface area contributed by atoms with E-state index in [1.54, 1.807) is 0 Å². The third-order valence-corrected chi connectivity index (χ3v) is 28.0. The lowest BCUT2D eigenvalue weighted by atomic mass is 9.56. The summed E-state index contributed by atoms with van der Waals surface area (Å²) in [6, 6.07) is 101. The van der Waals surface area contributed by atoms with E-state index in [2.05, 4.69) is 367 Å². The fourth-order valence-corrected chi connectivity index (χ4v) is 20.4. The Labute approximate surface area is 599 Å². The van der Waals surface area contributed by atoms with Crippen molar-refractivity contribution in [3.05, 3.63) is 295 Å². The monoisotopic (exact) mass is 1340 g/mol. The van der Waals surface area contributed by atoms with Crippen molar-refractivity contribution in [3.8, 4) is 33.6 Å². The molecule has 6 heteroatoms. The average Bonchev–Trinajstić information content (AvgIpc) is 1.52. The standard InChI is InChI=1S/C96H81N5S/c1-91(2)77-54-71-70-48-58(32-42-79(70)98-82(71)55-78(77)92(3,4)94(91,7)8)61-35-46-85-73(50-61)74-52-65(99(62-22-14-12-15-23-62)63-24-16-13-17-25-63)39-47-86(74)100(85)64-36-30-57(31-37-64)56-96(11)76-41-44-81-89(90(76)93(5,6)95(96,9)10)75-51-59(33-43-80(75)97-81)60-34-45-84-72(49-60)67-26-18-20-28-83(67)101(84)66-38-40-69-68-27-19-21-29-87(68)102-88(69)53-66/h12-55,97-98H,56H2,1-11H3. The molecule has 0 fully saturated rings. The maximum Gasteiger partial charge on any atom is 0.0542 e. The minimum atomic E-state index is -0.202. The smallest absolute Gasteiger partial charge is 0.0542 e. The van der Waals surface area contributed by atoms with Gasteiger partial charge < -0.3 is 24.0 Å². The number of thiophene rings is 1. The number of hydrogen-bond donors (Lipinski definition) is 2. The van der Waals surface area contributed by atoms with Gasteiger partial charge in [0.05, 0.1) is 22.1 Å². The Kier molecular flexibility index (Phi) is 12.6. The van der Waals surface area contributed by atoms with Gasteiger partial charge in [-0.25, -0.2) is 0 Å². The molecule has 102 heavy (non-hydrogen) atoms. The molecule has 1 atom stereocenters. The van der Waals surface area contributed by atoms with Gasteiger partial charge in [0.25, 0.3) is 0 Å². The molecule has 2 aliphatic rings. The van der Waals surface area contributed by atoms with E-state index in [1.807, 2.05) is 11.3 Å². The van der Waals surface area contributed by atoms with Crippen molar-refractivity contribution >= 4 is 136 Å². The van der Waals surface area contributed by atoms with E-state index < -0.39 is 0 Å². The Bertz CT molecular complexity index is 6540. The van der Waals surface area contributed by atoms with E-state index in [0.29, 0.717) is 0 Å². The molecular formula is C96H81N5S. The number of para-hydroxylation sites is 3. The lowest BCUT2D eigenvalue weighted by molar-refractivity contribution is 0.111. The van der Waals surface area contributed by atoms with Crippen LogP contribution in [0.4, 0.5) is 17.1 Å². The number of nitrogens with one attached hydrogen (secondary N) is 2. The molecule has 18 aromatic rings. The fraction of sp³-hybridized carbons (Fsp3) is 0.188. The summed E-state index contributed by atoms with van der Waals surface area (Å²) < 4.78 is 7.59. The van der Waals surface area contributed by atoms with E-state index in [0.717, 1.165) is 29.2 Å². The zero-order chi connectivity index (χ0) is 69.3. The highest BCUT2D eigenvalue weighted by Crippen LogP contribution is 2.65. The number of aromatic nitrogens is 4. The molecule has 5 aromatic heterocycles. The van der Waals surface area contributed by atoms with E-state index in [9.17, 15) is 0 Å². The third kappa shape index (κ3) is 8.27. The Morgan fingerprint density at radius 2 is 0.804 bits per heavy atom. The molecule has 0 saturated carbocycles. The number of anilines is 3. The lowest BCUT2D eigenvalue weighted by Crippen LogP contribution is -2.45. The highest BCUT2D eigenvalue weighted by Gasteiger charge is 2.60. The van der Waals surface area contributed by atoms with Crippen LogP contribution in [0.3, 0.4) is 0 Å². The molecule has 1 unspecified atom stereocenters. The van der Waals surface area contributed by atoms with Crippen LogP contribution in [0.25, 0.3) is 141 Å². The normalized spacial score (nSPS) is 17.2. The second-order valence-electron chi connectivity index (χ2n) is 32.6. The van der Waals surface area contributed by atoms with Crippen molar-refractivity contribution in [2.24, 2.45) is 10.8 Å². The van der Waals surface area contributed by atoms with Crippen LogP contribution in [0.5, 0.6) is 0 Å². The van der Waals surface area contributed by atoms with Gasteiger partial charge in [0.2, 0.25) is 0 Å². The molecule has 0 radical (unpaired) electrons. The summed E-state index contributed by atoms with van der Waals surface area (Å²) in [5.41, 5.74) is 26.8. The third-order valence-electron chi connectivity index (χ3n) is 26.9. The molecule has 5 nitrogen and oxygen atoms in total. The minimum absolute atomic E-state index is 0.00780. The number of H-pyrrole nitrogens is 2. The zero-order valence-corrected chi connectivity index (χ0v) is 60.7. The first-order valence-corrected chi connectivity index (χ1v) is 37.2. The summed E-state index contributed by atoms with van der Waals surface area (Å²) in [6.45, 7) is 27.3. The summed E-state index contributed by atoms with van der Waals surface area (Å²) in [6.07, 6.45) is 0.896. The first kappa shape index (κ1) is 61.0. The van der Waals surface area contributed by atoms with Gasteiger partial charge >= 0.3 is 0 Å². The molecule has 496 valence electrons. The number of hydrogen-bond acceptors (Lipinski definition) is 2. The van der Waals surface area contributed by atoms with Crippen LogP contribution < -0.4 is 4.90 Å². The molecule has 0 bridgehead atoms. The fourth-order valence-electron chi connectivity index (χ4n) is 19.2. The van der Waals surface area contributed by atoms with Gasteiger partial charge in [-0.1, -0.05) is 197 Å². The van der Waals surface area contributed by atoms with Crippen molar-refractivity contribution in [2.75, 3.05) is 4.90 Å². The van der Waals surface area contributed by atoms with Crippen LogP contribution in [0.15, 0.2) is 267 Å². The number of benzene rings is 13. The highest BCUT2D eigenvalue weighted by atomic mass is 32.1. The highest BCUT2D eigenvalue weighted by molar-refractivity contribution is 7.25. The summed E-state index contributed by atoms with van der Waals surface area (Å²) >= 11 is 1.88. The maximum absolute atomic E-state index is 3.92. The lowest BCUT2D eigenvalue weighted by Gasteiger charge is -2.47. The average molecular weight is 1340 g/mol. The maximum atomic E-state index is 3.92. The first-order chi connectivity index (χ1) is 49.2. The van der Waals surface area contributed by atoms with E-state index >= 15 is 0 Å². The number of fused-ring (bicyclic) bond motifs is 18. The largest absolute Gasteiger partial charge is 0.355 e. The molecule has 0 spiro atoms. The molecule has 13 aromatic carbocycles. The quantitative estimate of drug-likeness (QED) is 0.149. The van der Waals surface area contributed by atoms with E-state index in [-0.39, 0.29) is 32.5 Å². The summed E-state index contributed by atoms with van der Waals surface area (Å²) in [7, 11) is 0. The Hall–Kier alpha value is -10.9. The van der Waals surface area contributed by atoms with Crippen LogP contribution in [0.2, 0.25) is 0 Å². The van der Waals surface area contributed by atoms with Crippen molar-refractivity contribution in [3.63, 3.8) is 0 Å². The first-order valence-electron chi connectivity index (χ1n) is 36.4. The molecule has 2 N–H and O–H groups in total. The predicted octanol–water partition coefficient (Wildman–Crippen LogP) is 26.7. The SMILES string of the molecule is CC1(C)c2cc3[nH]c4ccc(-c5ccc6c(c5)c5cc(N(c7ccccc7)c7ccccc7)ccc5n6-c5ccc(CC6(C)c7ccc8[nH]c9ccc(-c%10ccc%11c(c%10)c%10ccccc%10n%11-c%10ccc%11c(c%10)sc%10ccccc%10%11)cc9c8c7C(C)(C)C6(C)C)cc5)cc4c3cc2C(C)(C)C1(C)C. The topological polar surface area (TPSA) is 44.7 Å². The molecule has 2 aliphatic carbocycles. The van der Waals surface area contributed by atoms with Gasteiger partial charge in [-0.2, -0.15) is 0 Å². The van der Waals surface area contributed by atoms with Crippen LogP contribution in [-0.4, -0.2) is 19.1 Å². The Morgan fingerprint density at radius 3 is 1.48 bits per heavy atom. The Morgan fingerprint density at radius 1 is 0.314 bits per heavy atom. The second kappa shape index (κ2) is 21.1.